The first kappa shape index (κ1) is 25.1. The van der Waals surface area contributed by atoms with Gasteiger partial charge in [-0.05, 0) is 45.6 Å². The molecule has 0 aromatic carbocycles. The fourth-order valence-corrected chi connectivity index (χ4v) is 6.41. The molecule has 182 valence electrons. The predicted octanol–water partition coefficient (Wildman–Crippen LogP) is 1.59. The zero-order valence-electron chi connectivity index (χ0n) is 20.4. The molecule has 10 heteroatoms. The van der Waals surface area contributed by atoms with Gasteiger partial charge in [0.15, 0.2) is 0 Å². The molecule has 2 atom stereocenters. The number of rotatable bonds is 7. The molecule has 0 radical (unpaired) electrons. The summed E-state index contributed by atoms with van der Waals surface area (Å²) in [6.07, 6.45) is 0.845. The fraction of sp³-hybridized carbons (Fsp3) is 0.818. The van der Waals surface area contributed by atoms with Crippen LogP contribution in [0.3, 0.4) is 0 Å². The molecule has 2 saturated heterocycles. The summed E-state index contributed by atoms with van der Waals surface area (Å²) in [5, 5.41) is 4.64. The van der Waals surface area contributed by atoms with Crippen molar-refractivity contribution in [1.82, 2.24) is 23.3 Å². The molecule has 32 heavy (non-hydrogen) atoms. The van der Waals surface area contributed by atoms with Gasteiger partial charge in [-0.2, -0.15) is 22.1 Å². The Bertz CT molecular complexity index is 896. The molecule has 2 unspecified atom stereocenters. The lowest BCUT2D eigenvalue weighted by atomic mass is 10.1. The van der Waals surface area contributed by atoms with Crippen molar-refractivity contribution in [2.24, 2.45) is 5.92 Å². The van der Waals surface area contributed by atoms with Gasteiger partial charge in [0.25, 0.3) is 10.2 Å². The molecule has 1 aromatic rings. The highest BCUT2D eigenvalue weighted by Crippen LogP contribution is 2.20. The van der Waals surface area contributed by atoms with Crippen LogP contribution < -0.4 is 0 Å². The lowest BCUT2D eigenvalue weighted by Gasteiger charge is -2.40. The Morgan fingerprint density at radius 1 is 1.06 bits per heavy atom. The average molecular weight is 470 g/mol. The Labute approximate surface area is 192 Å². The van der Waals surface area contributed by atoms with E-state index in [1.165, 1.54) is 8.61 Å². The van der Waals surface area contributed by atoms with E-state index >= 15 is 0 Å². The smallest absolute Gasteiger partial charge is 0.282 e. The standard InChI is InChI=1S/C22H39N5O4S/c1-16(2)13-27-20(6)21(19(5)23-27)7-8-22(28)24-9-11-25(12-10-24)32(29,30)26-14-17(3)31-18(4)15-26/h16-18H,7-15H2,1-6H3. The zero-order chi connectivity index (χ0) is 23.6. The Morgan fingerprint density at radius 3 is 2.22 bits per heavy atom. The number of piperazine rings is 1. The number of hydrogen-bond donors (Lipinski definition) is 0. The van der Waals surface area contributed by atoms with Gasteiger partial charge in [-0.3, -0.25) is 9.48 Å². The van der Waals surface area contributed by atoms with Crippen molar-refractivity contribution in [3.05, 3.63) is 17.0 Å². The number of morpholine rings is 1. The highest BCUT2D eigenvalue weighted by Gasteiger charge is 2.37. The van der Waals surface area contributed by atoms with Gasteiger partial charge in [0, 0.05) is 57.9 Å². The summed E-state index contributed by atoms with van der Waals surface area (Å²) in [5.41, 5.74) is 3.27. The molecule has 1 amide bonds. The number of aromatic nitrogens is 2. The topological polar surface area (TPSA) is 88.0 Å². The molecular formula is C22H39N5O4S. The Balaban J connectivity index is 1.53. The molecule has 2 fully saturated rings. The van der Waals surface area contributed by atoms with E-state index < -0.39 is 10.2 Å². The van der Waals surface area contributed by atoms with Crippen LogP contribution >= 0.6 is 0 Å². The van der Waals surface area contributed by atoms with E-state index in [0.717, 1.165) is 23.5 Å². The fourth-order valence-electron chi connectivity index (χ4n) is 4.66. The SMILES string of the molecule is Cc1nn(CC(C)C)c(C)c1CCC(=O)N1CCN(S(=O)(=O)N2CC(C)OC(C)C2)CC1. The molecule has 3 heterocycles. The molecule has 9 nitrogen and oxygen atoms in total. The average Bonchev–Trinajstić information content (AvgIpc) is 2.97. The highest BCUT2D eigenvalue weighted by molar-refractivity contribution is 7.86. The lowest BCUT2D eigenvalue weighted by molar-refractivity contribution is -0.132. The number of ether oxygens (including phenoxy) is 1. The maximum atomic E-state index is 13.1. The molecule has 1 aromatic heterocycles. The summed E-state index contributed by atoms with van der Waals surface area (Å²) in [6.45, 7) is 15.3. The number of amides is 1. The first-order valence-electron chi connectivity index (χ1n) is 11.7. The van der Waals surface area contributed by atoms with Gasteiger partial charge >= 0.3 is 0 Å². The van der Waals surface area contributed by atoms with E-state index in [0.29, 0.717) is 58.0 Å². The number of hydrogen-bond acceptors (Lipinski definition) is 5. The quantitative estimate of drug-likeness (QED) is 0.605. The second-order valence-corrected chi connectivity index (χ2v) is 11.5. The van der Waals surface area contributed by atoms with E-state index in [2.05, 4.69) is 25.9 Å². The second-order valence-electron chi connectivity index (χ2n) is 9.59. The summed E-state index contributed by atoms with van der Waals surface area (Å²) in [7, 11) is -3.54. The van der Waals surface area contributed by atoms with Gasteiger partial charge < -0.3 is 9.64 Å². The summed E-state index contributed by atoms with van der Waals surface area (Å²) >= 11 is 0. The van der Waals surface area contributed by atoms with Gasteiger partial charge in [-0.15, -0.1) is 0 Å². The molecule has 0 N–H and O–H groups in total. The van der Waals surface area contributed by atoms with Crippen LogP contribution in [0.4, 0.5) is 0 Å². The summed E-state index contributed by atoms with van der Waals surface area (Å²) < 4.78 is 36.8. The van der Waals surface area contributed by atoms with E-state index in [1.54, 1.807) is 4.90 Å². The highest BCUT2D eigenvalue weighted by atomic mass is 32.2. The van der Waals surface area contributed by atoms with Crippen LogP contribution in [0.15, 0.2) is 0 Å². The summed E-state index contributed by atoms with van der Waals surface area (Å²) in [4.78, 5) is 14.6. The van der Waals surface area contributed by atoms with Crippen LogP contribution in [-0.4, -0.2) is 89.1 Å². The second kappa shape index (κ2) is 10.2. The van der Waals surface area contributed by atoms with Crippen LogP contribution in [-0.2, 0) is 32.7 Å². The van der Waals surface area contributed by atoms with Crippen molar-refractivity contribution < 1.29 is 17.9 Å². The largest absolute Gasteiger partial charge is 0.373 e. The van der Waals surface area contributed by atoms with Crippen LogP contribution in [0.25, 0.3) is 0 Å². The van der Waals surface area contributed by atoms with Crippen molar-refractivity contribution in [3.8, 4) is 0 Å². The van der Waals surface area contributed by atoms with Crippen LogP contribution in [0, 0.1) is 19.8 Å². The molecule has 3 rings (SSSR count). The lowest BCUT2D eigenvalue weighted by Crippen LogP contribution is -2.57. The Hall–Kier alpha value is -1.49. The van der Waals surface area contributed by atoms with Crippen LogP contribution in [0.1, 0.15) is 51.1 Å². The molecule has 0 spiro atoms. The minimum absolute atomic E-state index is 0.0751. The van der Waals surface area contributed by atoms with Crippen molar-refractivity contribution in [3.63, 3.8) is 0 Å². The van der Waals surface area contributed by atoms with Gasteiger partial charge in [-0.1, -0.05) is 13.8 Å². The summed E-state index contributed by atoms with van der Waals surface area (Å²) in [6, 6.07) is 0. The van der Waals surface area contributed by atoms with Gasteiger partial charge in [-0.25, -0.2) is 0 Å². The monoisotopic (exact) mass is 469 g/mol. The van der Waals surface area contributed by atoms with Gasteiger partial charge in [0.2, 0.25) is 5.91 Å². The first-order valence-corrected chi connectivity index (χ1v) is 13.1. The number of carbonyl (C=O) groups is 1. The maximum Gasteiger partial charge on any atom is 0.282 e. The Kier molecular flexibility index (Phi) is 8.01. The third-order valence-corrected chi connectivity index (χ3v) is 8.26. The van der Waals surface area contributed by atoms with Gasteiger partial charge in [0.1, 0.15) is 0 Å². The van der Waals surface area contributed by atoms with E-state index in [1.807, 2.05) is 25.5 Å². The van der Waals surface area contributed by atoms with E-state index in [-0.39, 0.29) is 18.1 Å². The van der Waals surface area contributed by atoms with Crippen molar-refractivity contribution >= 4 is 16.1 Å². The predicted molar refractivity (Wildman–Crippen MR) is 124 cm³/mol. The molecule has 0 bridgehead atoms. The van der Waals surface area contributed by atoms with Crippen LogP contribution in [0.5, 0.6) is 0 Å². The minimum Gasteiger partial charge on any atom is -0.373 e. The van der Waals surface area contributed by atoms with Crippen molar-refractivity contribution in [2.45, 2.75) is 73.1 Å². The first-order chi connectivity index (χ1) is 15.0. The Morgan fingerprint density at radius 2 is 1.66 bits per heavy atom. The van der Waals surface area contributed by atoms with E-state index in [4.69, 9.17) is 4.74 Å². The van der Waals surface area contributed by atoms with Gasteiger partial charge in [0.05, 0.1) is 17.9 Å². The van der Waals surface area contributed by atoms with Crippen LogP contribution in [0.2, 0.25) is 0 Å². The number of aryl methyl sites for hydroxylation is 1. The molecule has 2 aliphatic rings. The van der Waals surface area contributed by atoms with Crippen molar-refractivity contribution in [1.29, 1.82) is 0 Å². The molecule has 0 saturated carbocycles. The number of nitrogens with zero attached hydrogens (tertiary/aromatic N) is 5. The minimum atomic E-state index is -3.54. The normalized spacial score (nSPS) is 23.8. The van der Waals surface area contributed by atoms with E-state index in [9.17, 15) is 13.2 Å². The summed E-state index contributed by atoms with van der Waals surface area (Å²) in [5.74, 6) is 0.588. The molecule has 0 aliphatic carbocycles. The van der Waals surface area contributed by atoms with Crippen molar-refractivity contribution in [2.75, 3.05) is 39.3 Å². The zero-order valence-corrected chi connectivity index (χ0v) is 21.2. The molecular weight excluding hydrogens is 430 g/mol. The molecule has 2 aliphatic heterocycles. The maximum absolute atomic E-state index is 13.1. The number of carbonyl (C=O) groups excluding carboxylic acids is 1. The third-order valence-electron chi connectivity index (χ3n) is 6.29. The third kappa shape index (κ3) is 5.70.